The summed E-state index contributed by atoms with van der Waals surface area (Å²) >= 11 is 0. The molecule has 0 amide bonds. The van der Waals surface area contributed by atoms with Crippen LogP contribution >= 0.6 is 0 Å². The number of alkyl halides is 3. The zero-order chi connectivity index (χ0) is 20.9. The van der Waals surface area contributed by atoms with E-state index in [1.165, 1.54) is 12.1 Å². The van der Waals surface area contributed by atoms with Gasteiger partial charge >= 0.3 is 18.1 Å². The van der Waals surface area contributed by atoms with Gasteiger partial charge in [0.2, 0.25) is 0 Å². The highest BCUT2D eigenvalue weighted by Crippen LogP contribution is 2.47. The van der Waals surface area contributed by atoms with E-state index in [0.717, 1.165) is 17.7 Å². The molecule has 0 aliphatic heterocycles. The van der Waals surface area contributed by atoms with Crippen LogP contribution in [-0.2, 0) is 25.2 Å². The zero-order valence-corrected chi connectivity index (χ0v) is 16.1. The maximum absolute atomic E-state index is 12.7. The normalized spacial score (nSPS) is 19.1. The van der Waals surface area contributed by atoms with E-state index in [4.69, 9.17) is 9.47 Å². The van der Waals surface area contributed by atoms with Crippen LogP contribution in [0.25, 0.3) is 6.08 Å². The Kier molecular flexibility index (Phi) is 6.69. The summed E-state index contributed by atoms with van der Waals surface area (Å²) in [5.74, 6) is -1.30. The molecule has 0 atom stereocenters. The van der Waals surface area contributed by atoms with Gasteiger partial charge < -0.3 is 9.47 Å². The van der Waals surface area contributed by atoms with Crippen molar-refractivity contribution in [2.24, 2.45) is 5.41 Å². The summed E-state index contributed by atoms with van der Waals surface area (Å²) in [7, 11) is 0. The Labute approximate surface area is 162 Å². The fourth-order valence-corrected chi connectivity index (χ4v) is 3.25. The standard InChI is InChI=1S/C21H23F3O4/c1-4-15-12-20(18(25)27-5-2,19(26)28-6-3)13-16(15)11-14-7-9-17(10-8-14)21(22,23)24/h4,7-11H,5-6,12-13H2,1-3H3/b15-4+,16-11-. The Morgan fingerprint density at radius 2 is 1.50 bits per heavy atom. The van der Waals surface area contributed by atoms with Gasteiger partial charge in [-0.15, -0.1) is 0 Å². The van der Waals surface area contributed by atoms with Crippen molar-refractivity contribution in [1.82, 2.24) is 0 Å². The first-order valence-corrected chi connectivity index (χ1v) is 9.05. The Morgan fingerprint density at radius 1 is 1.00 bits per heavy atom. The third-order valence-corrected chi connectivity index (χ3v) is 4.66. The molecule has 0 radical (unpaired) electrons. The molecule has 0 saturated heterocycles. The van der Waals surface area contributed by atoms with E-state index in [1.807, 2.05) is 0 Å². The minimum absolute atomic E-state index is 0.0748. The van der Waals surface area contributed by atoms with Gasteiger partial charge in [-0.05, 0) is 62.5 Å². The summed E-state index contributed by atoms with van der Waals surface area (Å²) in [6.45, 7) is 5.34. The second-order valence-corrected chi connectivity index (χ2v) is 6.48. The summed E-state index contributed by atoms with van der Waals surface area (Å²) in [6.07, 6.45) is -0.721. The van der Waals surface area contributed by atoms with Crippen LogP contribution < -0.4 is 0 Å². The monoisotopic (exact) mass is 396 g/mol. The molecule has 1 saturated carbocycles. The number of allylic oxidation sites excluding steroid dienone is 3. The van der Waals surface area contributed by atoms with E-state index in [9.17, 15) is 22.8 Å². The van der Waals surface area contributed by atoms with Crippen molar-refractivity contribution in [2.45, 2.75) is 39.8 Å². The maximum atomic E-state index is 12.7. The van der Waals surface area contributed by atoms with Gasteiger partial charge in [-0.25, -0.2) is 0 Å². The minimum Gasteiger partial charge on any atom is -0.465 e. The SMILES string of the molecule is C/C=C1\CC(C(=O)OCC)(C(=O)OCC)C\C1=C\c1ccc(C(F)(F)F)cc1. The summed E-state index contributed by atoms with van der Waals surface area (Å²) in [4.78, 5) is 25.2. The first-order valence-electron chi connectivity index (χ1n) is 9.05. The number of ether oxygens (including phenoxy) is 2. The zero-order valence-electron chi connectivity index (χ0n) is 16.1. The average Bonchev–Trinajstić information content (AvgIpc) is 3.02. The molecule has 152 valence electrons. The second kappa shape index (κ2) is 8.63. The summed E-state index contributed by atoms with van der Waals surface area (Å²) < 4.78 is 48.5. The molecule has 1 aliphatic rings. The summed E-state index contributed by atoms with van der Waals surface area (Å²) in [5, 5.41) is 0. The van der Waals surface area contributed by atoms with Crippen LogP contribution in [0.1, 0.15) is 44.7 Å². The number of benzene rings is 1. The van der Waals surface area contributed by atoms with Crippen LogP contribution in [-0.4, -0.2) is 25.2 Å². The maximum Gasteiger partial charge on any atom is 0.416 e. The highest BCUT2D eigenvalue weighted by molar-refractivity contribution is 6.02. The number of esters is 2. The molecule has 28 heavy (non-hydrogen) atoms. The van der Waals surface area contributed by atoms with Crippen molar-refractivity contribution < 1.29 is 32.2 Å². The largest absolute Gasteiger partial charge is 0.465 e. The van der Waals surface area contributed by atoms with Gasteiger partial charge in [-0.2, -0.15) is 13.2 Å². The lowest BCUT2D eigenvalue weighted by Crippen LogP contribution is -2.39. The van der Waals surface area contributed by atoms with Crippen molar-refractivity contribution >= 4 is 18.0 Å². The first kappa shape index (κ1) is 21.7. The molecule has 2 rings (SSSR count). The summed E-state index contributed by atoms with van der Waals surface area (Å²) in [5.41, 5.74) is -0.194. The molecule has 4 nitrogen and oxygen atoms in total. The predicted octanol–water partition coefficient (Wildman–Crippen LogP) is 4.94. The van der Waals surface area contributed by atoms with Crippen molar-refractivity contribution in [3.63, 3.8) is 0 Å². The lowest BCUT2D eigenvalue weighted by molar-refractivity contribution is -0.171. The first-order chi connectivity index (χ1) is 13.2. The number of hydrogen-bond donors (Lipinski definition) is 0. The van der Waals surface area contributed by atoms with E-state index in [1.54, 1.807) is 32.9 Å². The fourth-order valence-electron chi connectivity index (χ4n) is 3.25. The molecule has 1 fully saturated rings. The Balaban J connectivity index is 2.41. The molecule has 0 spiro atoms. The Hall–Kier alpha value is -2.57. The molecular weight excluding hydrogens is 373 g/mol. The number of carbonyl (C=O) groups excluding carboxylic acids is 2. The van der Waals surface area contributed by atoms with Gasteiger partial charge in [0.05, 0.1) is 18.8 Å². The van der Waals surface area contributed by atoms with E-state index >= 15 is 0 Å². The van der Waals surface area contributed by atoms with E-state index in [-0.39, 0.29) is 26.1 Å². The number of rotatable bonds is 5. The molecule has 0 aromatic heterocycles. The molecule has 7 heteroatoms. The summed E-state index contributed by atoms with van der Waals surface area (Å²) in [6, 6.07) is 4.72. The number of hydrogen-bond acceptors (Lipinski definition) is 4. The molecule has 1 aromatic carbocycles. The Bertz CT molecular complexity index is 771. The van der Waals surface area contributed by atoms with E-state index < -0.39 is 29.1 Å². The van der Waals surface area contributed by atoms with Crippen LogP contribution in [0.2, 0.25) is 0 Å². The van der Waals surface area contributed by atoms with Gasteiger partial charge in [0, 0.05) is 0 Å². The second-order valence-electron chi connectivity index (χ2n) is 6.48. The smallest absolute Gasteiger partial charge is 0.416 e. The highest BCUT2D eigenvalue weighted by atomic mass is 19.4. The van der Waals surface area contributed by atoms with Crippen molar-refractivity contribution in [2.75, 3.05) is 13.2 Å². The van der Waals surface area contributed by atoms with Crippen LogP contribution in [0.4, 0.5) is 13.2 Å². The van der Waals surface area contributed by atoms with Gasteiger partial charge in [0.15, 0.2) is 5.41 Å². The van der Waals surface area contributed by atoms with Gasteiger partial charge in [0.25, 0.3) is 0 Å². The lowest BCUT2D eigenvalue weighted by Gasteiger charge is -2.23. The molecule has 1 aliphatic carbocycles. The molecule has 0 N–H and O–H groups in total. The van der Waals surface area contributed by atoms with Gasteiger partial charge in [-0.3, -0.25) is 9.59 Å². The van der Waals surface area contributed by atoms with Crippen LogP contribution in [0.5, 0.6) is 0 Å². The van der Waals surface area contributed by atoms with Gasteiger partial charge in [-0.1, -0.05) is 24.3 Å². The fraction of sp³-hybridized carbons (Fsp3) is 0.429. The van der Waals surface area contributed by atoms with Crippen LogP contribution in [0.15, 0.2) is 41.5 Å². The molecule has 1 aromatic rings. The molecule has 0 heterocycles. The van der Waals surface area contributed by atoms with E-state index in [0.29, 0.717) is 11.1 Å². The molecule has 0 unspecified atom stereocenters. The predicted molar refractivity (Wildman–Crippen MR) is 98.1 cm³/mol. The lowest BCUT2D eigenvalue weighted by atomic mass is 9.85. The van der Waals surface area contributed by atoms with Crippen molar-refractivity contribution in [3.8, 4) is 0 Å². The minimum atomic E-state index is -4.41. The molecule has 0 bridgehead atoms. The van der Waals surface area contributed by atoms with Crippen molar-refractivity contribution in [1.29, 1.82) is 0 Å². The Morgan fingerprint density at radius 3 is 1.93 bits per heavy atom. The number of halogens is 3. The average molecular weight is 396 g/mol. The molecular formula is C21H23F3O4. The van der Waals surface area contributed by atoms with Crippen molar-refractivity contribution in [3.05, 3.63) is 52.6 Å². The van der Waals surface area contributed by atoms with Crippen LogP contribution in [0.3, 0.4) is 0 Å². The topological polar surface area (TPSA) is 52.6 Å². The number of carbonyl (C=O) groups is 2. The quantitative estimate of drug-likeness (QED) is 0.523. The van der Waals surface area contributed by atoms with Gasteiger partial charge in [0.1, 0.15) is 0 Å². The van der Waals surface area contributed by atoms with Crippen LogP contribution in [0, 0.1) is 5.41 Å². The highest BCUT2D eigenvalue weighted by Gasteiger charge is 2.54. The third kappa shape index (κ3) is 4.46. The van der Waals surface area contributed by atoms with E-state index in [2.05, 4.69) is 0 Å². The third-order valence-electron chi connectivity index (χ3n) is 4.66.